The molecule has 5 heteroatoms. The zero-order valence-corrected chi connectivity index (χ0v) is 16.0. The molecule has 0 aliphatic rings. The van der Waals surface area contributed by atoms with Crippen LogP contribution in [0.3, 0.4) is 0 Å². The van der Waals surface area contributed by atoms with Gasteiger partial charge < -0.3 is 4.74 Å². The van der Waals surface area contributed by atoms with Crippen molar-refractivity contribution in [1.29, 1.82) is 0 Å². The lowest BCUT2D eigenvalue weighted by molar-refractivity contribution is -0.137. The van der Waals surface area contributed by atoms with E-state index < -0.39 is 11.7 Å². The smallest absolute Gasteiger partial charge is 0.417 e. The van der Waals surface area contributed by atoms with Gasteiger partial charge in [-0.3, -0.25) is 4.79 Å². The number of alkyl halides is 3. The zero-order valence-electron chi connectivity index (χ0n) is 16.0. The number of carbonyl (C=O) groups excluding carboxylic acids is 1. The predicted octanol–water partition coefficient (Wildman–Crippen LogP) is 6.67. The monoisotopic (exact) mass is 396 g/mol. The van der Waals surface area contributed by atoms with Crippen LogP contribution in [-0.2, 0) is 6.18 Å². The number of hydrogen-bond acceptors (Lipinski definition) is 2. The summed E-state index contributed by atoms with van der Waals surface area (Å²) < 4.78 is 45.6. The van der Waals surface area contributed by atoms with Crippen molar-refractivity contribution in [3.8, 4) is 16.9 Å². The van der Waals surface area contributed by atoms with Gasteiger partial charge in [0.25, 0.3) is 0 Å². The van der Waals surface area contributed by atoms with Crippen LogP contribution in [0.1, 0.15) is 32.6 Å². The summed E-state index contributed by atoms with van der Waals surface area (Å²) in [7, 11) is 1.32. The summed E-state index contributed by atoms with van der Waals surface area (Å²) in [5, 5.41) is 0. The van der Waals surface area contributed by atoms with Gasteiger partial charge in [0.15, 0.2) is 6.29 Å². The van der Waals surface area contributed by atoms with Gasteiger partial charge in [0, 0.05) is 0 Å². The molecular formula is C24H19F3O2. The first-order valence-corrected chi connectivity index (χ1v) is 8.92. The molecule has 0 spiro atoms. The maximum Gasteiger partial charge on any atom is 0.417 e. The van der Waals surface area contributed by atoms with E-state index in [0.29, 0.717) is 6.29 Å². The molecule has 0 saturated heterocycles. The molecule has 0 aliphatic carbocycles. The largest absolute Gasteiger partial charge is 0.496 e. The molecule has 0 aliphatic heterocycles. The lowest BCUT2D eigenvalue weighted by atomic mass is 9.95. The molecular weight excluding hydrogens is 377 g/mol. The molecule has 0 radical (unpaired) electrons. The molecule has 0 unspecified atom stereocenters. The van der Waals surface area contributed by atoms with Crippen LogP contribution in [0.25, 0.3) is 23.3 Å². The lowest BCUT2D eigenvalue weighted by Crippen LogP contribution is -2.09. The highest BCUT2D eigenvalue weighted by atomic mass is 19.4. The third-order valence-electron chi connectivity index (χ3n) is 4.74. The molecule has 3 aromatic rings. The first kappa shape index (κ1) is 20.4. The van der Waals surface area contributed by atoms with E-state index in [1.165, 1.54) is 19.3 Å². The standard InChI is InChI=1S/C24H19F3O2/c1-16-17(9-6-10-21(16)18-7-4-3-5-8-18)11-12-19-14-23(29-2)20(15-28)13-22(19)24(25,26)27/h3-15H,1-2H3/b12-11+. The number of benzene rings is 3. The zero-order chi connectivity index (χ0) is 21.0. The maximum atomic E-state index is 13.5. The molecule has 0 fully saturated rings. The summed E-state index contributed by atoms with van der Waals surface area (Å²) >= 11 is 0. The van der Waals surface area contributed by atoms with E-state index in [4.69, 9.17) is 4.74 Å². The van der Waals surface area contributed by atoms with Crippen LogP contribution in [0, 0.1) is 6.92 Å². The van der Waals surface area contributed by atoms with Crippen LogP contribution < -0.4 is 4.74 Å². The van der Waals surface area contributed by atoms with Crippen molar-refractivity contribution in [2.75, 3.05) is 7.11 Å². The summed E-state index contributed by atoms with van der Waals surface area (Å²) in [6.07, 6.45) is -1.19. The topological polar surface area (TPSA) is 26.3 Å². The first-order valence-electron chi connectivity index (χ1n) is 8.92. The summed E-state index contributed by atoms with van der Waals surface area (Å²) in [5.74, 6) is 0.0995. The van der Waals surface area contributed by atoms with Crippen LogP contribution in [0.5, 0.6) is 5.75 Å². The molecule has 0 aromatic heterocycles. The van der Waals surface area contributed by atoms with Gasteiger partial charge in [-0.1, -0.05) is 60.7 Å². The van der Waals surface area contributed by atoms with Crippen molar-refractivity contribution in [3.05, 3.63) is 88.5 Å². The fraction of sp³-hybridized carbons (Fsp3) is 0.125. The molecule has 0 atom stereocenters. The molecule has 29 heavy (non-hydrogen) atoms. The van der Waals surface area contributed by atoms with Crippen molar-refractivity contribution < 1.29 is 22.7 Å². The number of halogens is 3. The van der Waals surface area contributed by atoms with Crippen LogP contribution in [0.4, 0.5) is 13.2 Å². The van der Waals surface area contributed by atoms with Gasteiger partial charge in [-0.2, -0.15) is 13.2 Å². The van der Waals surface area contributed by atoms with Gasteiger partial charge in [-0.05, 0) is 46.9 Å². The number of methoxy groups -OCH3 is 1. The Bertz CT molecular complexity index is 1050. The Labute approximate surface area is 167 Å². The number of ether oxygens (including phenoxy) is 1. The van der Waals surface area contributed by atoms with Crippen molar-refractivity contribution >= 4 is 18.4 Å². The van der Waals surface area contributed by atoms with E-state index >= 15 is 0 Å². The maximum absolute atomic E-state index is 13.5. The first-order chi connectivity index (χ1) is 13.8. The van der Waals surface area contributed by atoms with Crippen molar-refractivity contribution in [2.45, 2.75) is 13.1 Å². The van der Waals surface area contributed by atoms with Crippen molar-refractivity contribution in [1.82, 2.24) is 0 Å². The lowest BCUT2D eigenvalue weighted by Gasteiger charge is -2.14. The van der Waals surface area contributed by atoms with Gasteiger partial charge >= 0.3 is 6.18 Å². The Balaban J connectivity index is 2.08. The van der Waals surface area contributed by atoms with E-state index in [0.717, 1.165) is 28.3 Å². The van der Waals surface area contributed by atoms with Crippen LogP contribution >= 0.6 is 0 Å². The Morgan fingerprint density at radius 1 is 0.862 bits per heavy atom. The molecule has 0 amide bonds. The van der Waals surface area contributed by atoms with Crippen molar-refractivity contribution in [3.63, 3.8) is 0 Å². The number of aldehydes is 1. The van der Waals surface area contributed by atoms with Gasteiger partial charge in [-0.25, -0.2) is 0 Å². The Morgan fingerprint density at radius 2 is 1.55 bits per heavy atom. The predicted molar refractivity (Wildman–Crippen MR) is 109 cm³/mol. The summed E-state index contributed by atoms with van der Waals surface area (Å²) in [6.45, 7) is 1.93. The quantitative estimate of drug-likeness (QED) is 0.355. The minimum atomic E-state index is -4.59. The molecule has 0 N–H and O–H groups in total. The average molecular weight is 396 g/mol. The Hall–Kier alpha value is -3.34. The van der Waals surface area contributed by atoms with Gasteiger partial charge in [0.2, 0.25) is 0 Å². The fourth-order valence-electron chi connectivity index (χ4n) is 3.21. The Kier molecular flexibility index (Phi) is 5.87. The van der Waals surface area contributed by atoms with Gasteiger partial charge in [0.1, 0.15) is 5.75 Å². The van der Waals surface area contributed by atoms with Crippen LogP contribution in [-0.4, -0.2) is 13.4 Å². The Morgan fingerprint density at radius 3 is 2.17 bits per heavy atom. The second-order valence-corrected chi connectivity index (χ2v) is 6.52. The van der Waals surface area contributed by atoms with Gasteiger partial charge in [0.05, 0.1) is 18.2 Å². The minimum Gasteiger partial charge on any atom is -0.496 e. The molecule has 3 aromatic carbocycles. The molecule has 148 valence electrons. The second kappa shape index (κ2) is 8.35. The van der Waals surface area contributed by atoms with E-state index in [1.54, 1.807) is 6.08 Å². The molecule has 0 heterocycles. The van der Waals surface area contributed by atoms with E-state index in [9.17, 15) is 18.0 Å². The SMILES string of the molecule is COc1cc(/C=C/c2cccc(-c3ccccc3)c2C)c(C(F)(F)F)cc1C=O. The normalized spacial score (nSPS) is 11.6. The third kappa shape index (κ3) is 4.40. The number of rotatable bonds is 5. The summed E-state index contributed by atoms with van der Waals surface area (Å²) in [4.78, 5) is 11.1. The number of carbonyl (C=O) groups is 1. The van der Waals surface area contributed by atoms with Crippen LogP contribution in [0.2, 0.25) is 0 Å². The second-order valence-electron chi connectivity index (χ2n) is 6.52. The molecule has 0 bridgehead atoms. The highest BCUT2D eigenvalue weighted by Crippen LogP contribution is 2.36. The van der Waals surface area contributed by atoms with E-state index in [2.05, 4.69) is 0 Å². The highest BCUT2D eigenvalue weighted by molar-refractivity contribution is 5.83. The highest BCUT2D eigenvalue weighted by Gasteiger charge is 2.34. The third-order valence-corrected chi connectivity index (χ3v) is 4.74. The molecule has 3 rings (SSSR count). The average Bonchev–Trinajstić information content (AvgIpc) is 2.72. The fourth-order valence-corrected chi connectivity index (χ4v) is 3.21. The van der Waals surface area contributed by atoms with E-state index in [-0.39, 0.29) is 16.9 Å². The van der Waals surface area contributed by atoms with Gasteiger partial charge in [-0.15, -0.1) is 0 Å². The van der Waals surface area contributed by atoms with Crippen molar-refractivity contribution in [2.24, 2.45) is 0 Å². The van der Waals surface area contributed by atoms with E-state index in [1.807, 2.05) is 55.5 Å². The molecule has 0 saturated carbocycles. The number of hydrogen-bond donors (Lipinski definition) is 0. The summed E-state index contributed by atoms with van der Waals surface area (Å²) in [5.41, 5.74) is 2.72. The summed E-state index contributed by atoms with van der Waals surface area (Å²) in [6, 6.07) is 17.5. The molecule has 2 nitrogen and oxygen atoms in total. The minimum absolute atomic E-state index is 0.0653. The van der Waals surface area contributed by atoms with Crippen LogP contribution in [0.15, 0.2) is 60.7 Å².